The fraction of sp³-hybridized carbons (Fsp3) is 0.208. The highest BCUT2D eigenvalue weighted by molar-refractivity contribution is 8.18. The lowest BCUT2D eigenvalue weighted by Gasteiger charge is -2.12. The molecule has 31 heavy (non-hydrogen) atoms. The molecule has 2 heterocycles. The van der Waals surface area contributed by atoms with E-state index in [4.69, 9.17) is 0 Å². The van der Waals surface area contributed by atoms with Crippen LogP contribution in [0.1, 0.15) is 25.0 Å². The zero-order valence-corrected chi connectivity index (χ0v) is 18.2. The summed E-state index contributed by atoms with van der Waals surface area (Å²) in [5, 5.41) is 3.32. The molecule has 1 aliphatic heterocycles. The molecule has 0 unspecified atom stereocenters. The van der Waals surface area contributed by atoms with E-state index in [9.17, 15) is 14.4 Å². The van der Waals surface area contributed by atoms with Crippen molar-refractivity contribution < 1.29 is 14.4 Å². The number of fused-ring (bicyclic) bond motifs is 1. The van der Waals surface area contributed by atoms with E-state index in [1.807, 2.05) is 54.7 Å². The van der Waals surface area contributed by atoms with Crippen LogP contribution in [-0.4, -0.2) is 33.1 Å². The highest BCUT2D eigenvalue weighted by Gasteiger charge is 2.36. The van der Waals surface area contributed by atoms with Crippen molar-refractivity contribution >= 4 is 51.5 Å². The van der Waals surface area contributed by atoms with Gasteiger partial charge in [0.2, 0.25) is 5.91 Å². The molecule has 0 aliphatic carbocycles. The predicted octanol–water partition coefficient (Wildman–Crippen LogP) is 4.90. The molecule has 0 saturated carbocycles. The lowest BCUT2D eigenvalue weighted by Crippen LogP contribution is -2.36. The van der Waals surface area contributed by atoms with Crippen LogP contribution in [0.25, 0.3) is 17.0 Å². The van der Waals surface area contributed by atoms with Gasteiger partial charge in [-0.25, -0.2) is 0 Å². The van der Waals surface area contributed by atoms with E-state index in [0.717, 1.165) is 46.1 Å². The lowest BCUT2D eigenvalue weighted by molar-refractivity contribution is -0.127. The highest BCUT2D eigenvalue weighted by atomic mass is 32.2. The number of nitrogens with zero attached hydrogens (tertiary/aromatic N) is 2. The molecule has 4 rings (SSSR count). The van der Waals surface area contributed by atoms with Crippen LogP contribution in [0.4, 0.5) is 10.5 Å². The number of benzene rings is 2. The fourth-order valence-corrected chi connectivity index (χ4v) is 4.43. The molecule has 1 N–H and O–H groups in total. The van der Waals surface area contributed by atoms with Gasteiger partial charge in [-0.2, -0.15) is 0 Å². The second kappa shape index (κ2) is 8.81. The van der Waals surface area contributed by atoms with Crippen molar-refractivity contribution in [3.8, 4) is 0 Å². The van der Waals surface area contributed by atoms with Crippen LogP contribution in [-0.2, 0) is 22.6 Å². The Morgan fingerprint density at radius 1 is 1.06 bits per heavy atom. The number of imide groups is 1. The Labute approximate surface area is 184 Å². The van der Waals surface area contributed by atoms with E-state index in [1.165, 1.54) is 5.56 Å². The molecule has 0 spiro atoms. The summed E-state index contributed by atoms with van der Waals surface area (Å²) < 4.78 is 2.10. The highest BCUT2D eigenvalue weighted by Crippen LogP contribution is 2.34. The average Bonchev–Trinajstić information content (AvgIpc) is 3.26. The summed E-state index contributed by atoms with van der Waals surface area (Å²) in [6.45, 7) is 4.60. The number of thioether (sulfide) groups is 1. The maximum absolute atomic E-state index is 12.8. The SMILES string of the molecule is CCc1ccc(NC(=O)CN2C(=O)S/C(=C\c3cn(CC)c4ccccc34)C2=O)cc1. The molecule has 0 atom stereocenters. The van der Waals surface area contributed by atoms with Gasteiger partial charge in [-0.3, -0.25) is 19.3 Å². The van der Waals surface area contributed by atoms with Crippen LogP contribution < -0.4 is 5.32 Å². The van der Waals surface area contributed by atoms with Crippen molar-refractivity contribution in [1.29, 1.82) is 0 Å². The van der Waals surface area contributed by atoms with E-state index in [-0.39, 0.29) is 6.54 Å². The van der Waals surface area contributed by atoms with Crippen LogP contribution in [0.2, 0.25) is 0 Å². The first-order valence-electron chi connectivity index (χ1n) is 10.2. The van der Waals surface area contributed by atoms with E-state index >= 15 is 0 Å². The van der Waals surface area contributed by atoms with E-state index in [0.29, 0.717) is 10.6 Å². The zero-order chi connectivity index (χ0) is 22.0. The summed E-state index contributed by atoms with van der Waals surface area (Å²) in [5.74, 6) is -0.852. The van der Waals surface area contributed by atoms with Gasteiger partial charge in [-0.05, 0) is 54.9 Å². The van der Waals surface area contributed by atoms with Crippen LogP contribution in [0, 0.1) is 0 Å². The smallest absolute Gasteiger partial charge is 0.294 e. The fourth-order valence-electron chi connectivity index (χ4n) is 3.60. The molecule has 1 fully saturated rings. The minimum absolute atomic E-state index is 0.311. The van der Waals surface area contributed by atoms with E-state index in [1.54, 1.807) is 6.08 Å². The number of carbonyl (C=O) groups is 3. The van der Waals surface area contributed by atoms with Crippen LogP contribution in [0.15, 0.2) is 59.6 Å². The second-order valence-electron chi connectivity index (χ2n) is 7.25. The number of aromatic nitrogens is 1. The van der Waals surface area contributed by atoms with Gasteiger partial charge in [0.05, 0.1) is 4.91 Å². The Kier molecular flexibility index (Phi) is 5.95. The van der Waals surface area contributed by atoms with Crippen LogP contribution in [0.5, 0.6) is 0 Å². The standard InChI is InChI=1S/C24H23N3O3S/c1-3-16-9-11-18(12-10-16)25-22(28)15-27-23(29)21(31-24(27)30)13-17-14-26(4-2)20-8-6-5-7-19(17)20/h5-14H,3-4,15H2,1-2H3,(H,25,28)/b21-13-. The van der Waals surface area contributed by atoms with Gasteiger partial charge in [0.25, 0.3) is 11.1 Å². The van der Waals surface area contributed by atoms with E-state index < -0.39 is 17.1 Å². The third-order valence-corrected chi connectivity index (χ3v) is 6.18. The number of anilines is 1. The number of carbonyl (C=O) groups excluding carboxylic acids is 3. The molecule has 1 aliphatic rings. The summed E-state index contributed by atoms with van der Waals surface area (Å²) in [6, 6.07) is 15.4. The molecule has 6 nitrogen and oxygen atoms in total. The van der Waals surface area contributed by atoms with Crippen LogP contribution >= 0.6 is 11.8 Å². The molecule has 2 aromatic carbocycles. The maximum Gasteiger partial charge on any atom is 0.294 e. The Morgan fingerprint density at radius 2 is 1.81 bits per heavy atom. The quantitative estimate of drug-likeness (QED) is 0.562. The first-order valence-corrected chi connectivity index (χ1v) is 11.0. The van der Waals surface area contributed by atoms with Gasteiger partial charge >= 0.3 is 0 Å². The van der Waals surface area contributed by atoms with E-state index in [2.05, 4.69) is 23.7 Å². The number of nitrogens with one attached hydrogen (secondary N) is 1. The molecule has 1 saturated heterocycles. The number of aryl methyl sites for hydroxylation is 2. The molecule has 0 bridgehead atoms. The lowest BCUT2D eigenvalue weighted by atomic mass is 10.1. The first kappa shape index (κ1) is 20.9. The maximum atomic E-state index is 12.8. The molecular weight excluding hydrogens is 410 g/mol. The summed E-state index contributed by atoms with van der Waals surface area (Å²) in [5.41, 5.74) is 3.75. The van der Waals surface area contributed by atoms with Crippen molar-refractivity contribution in [3.05, 3.63) is 70.8 Å². The van der Waals surface area contributed by atoms with Gasteiger partial charge < -0.3 is 9.88 Å². The Balaban J connectivity index is 1.50. The molecule has 158 valence electrons. The molecule has 1 aromatic heterocycles. The number of para-hydroxylation sites is 1. The summed E-state index contributed by atoms with van der Waals surface area (Å²) >= 11 is 0.865. The van der Waals surface area contributed by atoms with Gasteiger partial charge in [0, 0.05) is 34.9 Å². The summed E-state index contributed by atoms with van der Waals surface area (Å²) in [6.07, 6.45) is 4.63. The minimum atomic E-state index is -0.445. The van der Waals surface area contributed by atoms with Crippen LogP contribution in [0.3, 0.4) is 0 Å². The largest absolute Gasteiger partial charge is 0.347 e. The average molecular weight is 434 g/mol. The minimum Gasteiger partial charge on any atom is -0.347 e. The van der Waals surface area contributed by atoms with Crippen molar-refractivity contribution in [1.82, 2.24) is 9.47 Å². The number of rotatable bonds is 6. The van der Waals surface area contributed by atoms with Crippen molar-refractivity contribution in [2.24, 2.45) is 0 Å². The molecular formula is C24H23N3O3S. The Hall–Kier alpha value is -3.32. The number of hydrogen-bond donors (Lipinski definition) is 1. The van der Waals surface area contributed by atoms with Gasteiger partial charge in [0.15, 0.2) is 0 Å². The molecule has 3 amide bonds. The monoisotopic (exact) mass is 433 g/mol. The molecule has 3 aromatic rings. The molecule has 7 heteroatoms. The third kappa shape index (κ3) is 4.27. The van der Waals surface area contributed by atoms with Crippen molar-refractivity contribution in [2.45, 2.75) is 26.8 Å². The normalized spacial score (nSPS) is 15.3. The van der Waals surface area contributed by atoms with Gasteiger partial charge in [-0.15, -0.1) is 0 Å². The van der Waals surface area contributed by atoms with Crippen molar-refractivity contribution in [2.75, 3.05) is 11.9 Å². The second-order valence-corrected chi connectivity index (χ2v) is 8.25. The van der Waals surface area contributed by atoms with Gasteiger partial charge in [0.1, 0.15) is 6.54 Å². The predicted molar refractivity (Wildman–Crippen MR) is 125 cm³/mol. The topological polar surface area (TPSA) is 71.4 Å². The van der Waals surface area contributed by atoms with Crippen molar-refractivity contribution in [3.63, 3.8) is 0 Å². The van der Waals surface area contributed by atoms with Gasteiger partial charge in [-0.1, -0.05) is 37.3 Å². The summed E-state index contributed by atoms with van der Waals surface area (Å²) in [4.78, 5) is 39.0. The number of amides is 3. The zero-order valence-electron chi connectivity index (χ0n) is 17.4. The Morgan fingerprint density at radius 3 is 2.52 bits per heavy atom. The number of hydrogen-bond acceptors (Lipinski definition) is 4. The Bertz CT molecular complexity index is 1190. The third-order valence-electron chi connectivity index (χ3n) is 5.27. The first-order chi connectivity index (χ1) is 15.0. The summed E-state index contributed by atoms with van der Waals surface area (Å²) in [7, 11) is 0. The molecule has 0 radical (unpaired) electrons.